The lowest BCUT2D eigenvalue weighted by Crippen LogP contribution is -2.29. The Hall–Kier alpha value is -0.990. The summed E-state index contributed by atoms with van der Waals surface area (Å²) in [6, 6.07) is 0. The lowest BCUT2D eigenvalue weighted by atomic mass is 10.0. The van der Waals surface area contributed by atoms with Crippen molar-refractivity contribution in [3.05, 3.63) is 0 Å². The van der Waals surface area contributed by atoms with Crippen LogP contribution in [0.4, 0.5) is 0 Å². The standard InChI is InChI=1S/C35H70NO8P/c1-3-5-7-9-11-13-15-16-18-19-21-23-25-27-34(37)41-31-33(32-43-45(39,40)42-30-29-36)44-35(38)28-26-24-22-20-17-14-12-10-8-6-4-2/h33H,3-32,36H2,1-2H3,(H,39,40). The van der Waals surface area contributed by atoms with Crippen molar-refractivity contribution in [1.82, 2.24) is 0 Å². The maximum atomic E-state index is 12.5. The Morgan fingerprint density at radius 2 is 0.956 bits per heavy atom. The molecule has 0 aromatic carbocycles. The molecule has 0 amide bonds. The first-order valence-electron chi connectivity index (χ1n) is 18.5. The molecule has 0 aromatic rings. The van der Waals surface area contributed by atoms with Gasteiger partial charge in [0, 0.05) is 19.4 Å². The van der Waals surface area contributed by atoms with Gasteiger partial charge in [0.1, 0.15) is 6.61 Å². The molecule has 3 N–H and O–H groups in total. The summed E-state index contributed by atoms with van der Waals surface area (Å²) in [5, 5.41) is 0. The molecule has 0 aliphatic heterocycles. The third-order valence-corrected chi connectivity index (χ3v) is 8.98. The van der Waals surface area contributed by atoms with Gasteiger partial charge in [0.15, 0.2) is 6.10 Å². The smallest absolute Gasteiger partial charge is 0.462 e. The monoisotopic (exact) mass is 663 g/mol. The highest BCUT2D eigenvalue weighted by Gasteiger charge is 2.25. The zero-order valence-corrected chi connectivity index (χ0v) is 30.0. The van der Waals surface area contributed by atoms with Crippen LogP contribution in [0.1, 0.15) is 181 Å². The molecule has 9 nitrogen and oxygen atoms in total. The number of hydrogen-bond donors (Lipinski definition) is 2. The summed E-state index contributed by atoms with van der Waals surface area (Å²) in [6.07, 6.45) is 28.4. The summed E-state index contributed by atoms with van der Waals surface area (Å²) >= 11 is 0. The van der Waals surface area contributed by atoms with E-state index in [9.17, 15) is 19.0 Å². The lowest BCUT2D eigenvalue weighted by molar-refractivity contribution is -0.161. The highest BCUT2D eigenvalue weighted by atomic mass is 31.2. The molecule has 0 spiro atoms. The van der Waals surface area contributed by atoms with Crippen molar-refractivity contribution in [2.75, 3.05) is 26.4 Å². The summed E-state index contributed by atoms with van der Waals surface area (Å²) < 4.78 is 32.6. The summed E-state index contributed by atoms with van der Waals surface area (Å²) in [4.78, 5) is 34.6. The molecule has 0 aliphatic carbocycles. The number of rotatable bonds is 35. The van der Waals surface area contributed by atoms with Crippen LogP contribution in [0, 0.1) is 0 Å². The number of carbonyl (C=O) groups is 2. The van der Waals surface area contributed by atoms with Gasteiger partial charge in [-0.2, -0.15) is 0 Å². The predicted octanol–water partition coefficient (Wildman–Crippen LogP) is 9.72. The average molecular weight is 664 g/mol. The summed E-state index contributed by atoms with van der Waals surface area (Å²) in [5.41, 5.74) is 5.32. The molecule has 0 radical (unpaired) electrons. The molecule has 0 aromatic heterocycles. The molecule has 0 fully saturated rings. The molecule has 0 saturated heterocycles. The van der Waals surface area contributed by atoms with Gasteiger partial charge in [-0.15, -0.1) is 0 Å². The quantitative estimate of drug-likeness (QED) is 0.0386. The second-order valence-electron chi connectivity index (χ2n) is 12.5. The number of phosphoric acid groups is 1. The molecule has 0 rings (SSSR count). The van der Waals surface area contributed by atoms with Crippen molar-refractivity contribution in [2.24, 2.45) is 5.73 Å². The fraction of sp³-hybridized carbons (Fsp3) is 0.943. The molecular formula is C35H70NO8P. The number of ether oxygens (including phenoxy) is 2. The van der Waals surface area contributed by atoms with Crippen LogP contribution in [-0.2, 0) is 32.7 Å². The molecule has 268 valence electrons. The van der Waals surface area contributed by atoms with Crippen molar-refractivity contribution >= 4 is 19.8 Å². The van der Waals surface area contributed by atoms with Gasteiger partial charge < -0.3 is 20.1 Å². The van der Waals surface area contributed by atoms with Gasteiger partial charge in [-0.05, 0) is 12.8 Å². The van der Waals surface area contributed by atoms with E-state index in [1.807, 2.05) is 0 Å². The Morgan fingerprint density at radius 3 is 1.36 bits per heavy atom. The zero-order chi connectivity index (χ0) is 33.3. The van der Waals surface area contributed by atoms with Gasteiger partial charge in [0.05, 0.1) is 13.2 Å². The first-order valence-corrected chi connectivity index (χ1v) is 20.0. The van der Waals surface area contributed by atoms with E-state index in [1.54, 1.807) is 0 Å². The Balaban J connectivity index is 4.20. The predicted molar refractivity (Wildman–Crippen MR) is 183 cm³/mol. The summed E-state index contributed by atoms with van der Waals surface area (Å²) in [7, 11) is -4.36. The van der Waals surface area contributed by atoms with E-state index in [1.165, 1.54) is 116 Å². The third kappa shape index (κ3) is 32.7. The maximum absolute atomic E-state index is 12.5. The molecule has 2 unspecified atom stereocenters. The Kier molecular flexibility index (Phi) is 32.2. The molecular weight excluding hydrogens is 593 g/mol. The molecule has 0 heterocycles. The van der Waals surface area contributed by atoms with Crippen LogP contribution in [0.5, 0.6) is 0 Å². The number of carbonyl (C=O) groups excluding carboxylic acids is 2. The largest absolute Gasteiger partial charge is 0.472 e. The second kappa shape index (κ2) is 32.9. The molecule has 0 bridgehead atoms. The highest BCUT2D eigenvalue weighted by Crippen LogP contribution is 2.43. The SMILES string of the molecule is CCCCCCCCCCCCCCCC(=O)OCC(COP(=O)(O)OCCN)OC(=O)CCCCCCCCCCCCC. The Morgan fingerprint density at radius 1 is 0.578 bits per heavy atom. The van der Waals surface area contributed by atoms with Crippen LogP contribution >= 0.6 is 7.82 Å². The fourth-order valence-corrected chi connectivity index (χ4v) is 5.99. The van der Waals surface area contributed by atoms with Crippen molar-refractivity contribution in [3.8, 4) is 0 Å². The number of phosphoric ester groups is 1. The van der Waals surface area contributed by atoms with Crippen LogP contribution < -0.4 is 5.73 Å². The first-order chi connectivity index (χ1) is 21.8. The normalized spacial score (nSPS) is 13.4. The van der Waals surface area contributed by atoms with Gasteiger partial charge in [-0.3, -0.25) is 18.6 Å². The van der Waals surface area contributed by atoms with Gasteiger partial charge in [-0.1, -0.05) is 155 Å². The van der Waals surface area contributed by atoms with E-state index >= 15 is 0 Å². The van der Waals surface area contributed by atoms with Crippen LogP contribution in [0.15, 0.2) is 0 Å². The third-order valence-electron chi connectivity index (χ3n) is 7.99. The summed E-state index contributed by atoms with van der Waals surface area (Å²) in [6.45, 7) is 3.73. The van der Waals surface area contributed by atoms with Gasteiger partial charge in [-0.25, -0.2) is 4.57 Å². The van der Waals surface area contributed by atoms with Crippen LogP contribution in [0.2, 0.25) is 0 Å². The molecule has 0 aliphatic rings. The van der Waals surface area contributed by atoms with E-state index in [-0.39, 0.29) is 38.6 Å². The van der Waals surface area contributed by atoms with Crippen LogP contribution in [0.25, 0.3) is 0 Å². The lowest BCUT2D eigenvalue weighted by Gasteiger charge is -2.19. The van der Waals surface area contributed by atoms with E-state index in [4.69, 9.17) is 24.3 Å². The zero-order valence-electron chi connectivity index (χ0n) is 29.1. The van der Waals surface area contributed by atoms with Crippen molar-refractivity contribution < 1.29 is 37.6 Å². The minimum absolute atomic E-state index is 0.0576. The van der Waals surface area contributed by atoms with Crippen molar-refractivity contribution in [1.29, 1.82) is 0 Å². The first kappa shape index (κ1) is 44.0. The fourth-order valence-electron chi connectivity index (χ4n) is 5.22. The Bertz CT molecular complexity index is 724. The van der Waals surface area contributed by atoms with Crippen LogP contribution in [-0.4, -0.2) is 49.3 Å². The molecule has 10 heteroatoms. The molecule has 0 saturated carbocycles. The number of hydrogen-bond acceptors (Lipinski definition) is 8. The number of esters is 2. The second-order valence-corrected chi connectivity index (χ2v) is 13.9. The summed E-state index contributed by atoms with van der Waals surface area (Å²) in [5.74, 6) is -0.821. The van der Waals surface area contributed by atoms with E-state index in [0.29, 0.717) is 6.42 Å². The van der Waals surface area contributed by atoms with Crippen molar-refractivity contribution in [2.45, 2.75) is 187 Å². The molecule has 45 heavy (non-hydrogen) atoms. The minimum Gasteiger partial charge on any atom is -0.462 e. The topological polar surface area (TPSA) is 134 Å². The van der Waals surface area contributed by atoms with E-state index < -0.39 is 26.5 Å². The highest BCUT2D eigenvalue weighted by molar-refractivity contribution is 7.47. The number of nitrogens with two attached hydrogens (primary N) is 1. The van der Waals surface area contributed by atoms with Gasteiger partial charge in [0.2, 0.25) is 0 Å². The number of unbranched alkanes of at least 4 members (excludes halogenated alkanes) is 22. The van der Waals surface area contributed by atoms with Gasteiger partial charge >= 0.3 is 19.8 Å². The Labute approximate surface area is 276 Å². The van der Waals surface area contributed by atoms with Crippen molar-refractivity contribution in [3.63, 3.8) is 0 Å². The van der Waals surface area contributed by atoms with E-state index in [0.717, 1.165) is 32.1 Å². The average Bonchev–Trinajstić information content (AvgIpc) is 3.02. The van der Waals surface area contributed by atoms with E-state index in [2.05, 4.69) is 13.8 Å². The molecule has 2 atom stereocenters. The van der Waals surface area contributed by atoms with Gasteiger partial charge in [0.25, 0.3) is 0 Å². The maximum Gasteiger partial charge on any atom is 0.472 e. The minimum atomic E-state index is -4.36. The van der Waals surface area contributed by atoms with Crippen LogP contribution in [0.3, 0.4) is 0 Å².